The molecule has 9 heteroatoms. The molecule has 18 heavy (non-hydrogen) atoms. The average molecular weight is 383 g/mol. The van der Waals surface area contributed by atoms with E-state index in [-0.39, 0.29) is 11.3 Å². The maximum Gasteiger partial charge on any atom is 0.327 e. The minimum atomic E-state index is -1.13. The van der Waals surface area contributed by atoms with E-state index in [1.807, 2.05) is 22.6 Å². The molecule has 0 radical (unpaired) electrons. The van der Waals surface area contributed by atoms with Crippen molar-refractivity contribution in [3.63, 3.8) is 0 Å². The summed E-state index contributed by atoms with van der Waals surface area (Å²) in [6.07, 6.45) is 1.25. The van der Waals surface area contributed by atoms with Gasteiger partial charge in [0.05, 0.1) is 6.33 Å². The maximum atomic E-state index is 11.3. The van der Waals surface area contributed by atoms with Crippen LogP contribution in [-0.2, 0) is 9.59 Å². The number of carbonyl (C=O) groups excluding carboxylic acids is 1. The number of hydrogen-bond acceptors (Lipinski definition) is 5. The van der Waals surface area contributed by atoms with Gasteiger partial charge in [0.1, 0.15) is 14.6 Å². The Morgan fingerprint density at radius 2 is 2.33 bits per heavy atom. The molecule has 0 aliphatic heterocycles. The summed E-state index contributed by atoms with van der Waals surface area (Å²) in [5.41, 5.74) is -0.278. The first-order valence-corrected chi connectivity index (χ1v) is 6.84. The highest BCUT2D eigenvalue weighted by Gasteiger charge is 2.19. The Labute approximate surface area is 120 Å². The summed E-state index contributed by atoms with van der Waals surface area (Å²) in [5.74, 6) is -1.45. The summed E-state index contributed by atoms with van der Waals surface area (Å²) in [4.78, 5) is 39.4. The van der Waals surface area contributed by atoms with Gasteiger partial charge >= 0.3 is 5.97 Å². The number of carboxylic acid groups (broad SMARTS) is 1. The van der Waals surface area contributed by atoms with Crippen molar-refractivity contribution >= 4 is 46.2 Å². The van der Waals surface area contributed by atoms with E-state index in [9.17, 15) is 14.4 Å². The van der Waals surface area contributed by atoms with Crippen molar-refractivity contribution in [3.8, 4) is 0 Å². The number of aromatic amines is 1. The fourth-order valence-electron chi connectivity index (χ4n) is 1.05. The van der Waals surface area contributed by atoms with Crippen LogP contribution in [0.25, 0.3) is 0 Å². The summed E-state index contributed by atoms with van der Waals surface area (Å²) in [6.45, 7) is 1.25. The summed E-state index contributed by atoms with van der Waals surface area (Å²) in [6, 6.07) is -1.01. The lowest BCUT2D eigenvalue weighted by molar-refractivity contribution is -0.140. The Kier molecular flexibility index (Phi) is 5.59. The first kappa shape index (κ1) is 15.0. The number of H-pyrrole nitrogens is 1. The Balaban J connectivity index is 2.73. The molecule has 1 aromatic heterocycles. The van der Waals surface area contributed by atoms with Crippen LogP contribution in [-0.4, -0.2) is 38.7 Å². The fraction of sp³-hybridized carbons (Fsp3) is 0.333. The van der Waals surface area contributed by atoms with E-state index in [4.69, 9.17) is 5.11 Å². The smallest absolute Gasteiger partial charge is 0.327 e. The molecule has 0 aliphatic rings. The lowest BCUT2D eigenvalue weighted by atomic mass is 10.3. The second-order valence-corrected chi connectivity index (χ2v) is 5.34. The van der Waals surface area contributed by atoms with Crippen LogP contribution in [0.5, 0.6) is 0 Å². The van der Waals surface area contributed by atoms with Crippen molar-refractivity contribution < 1.29 is 14.7 Å². The van der Waals surface area contributed by atoms with Gasteiger partial charge in [-0.1, -0.05) is 0 Å². The number of aromatic nitrogens is 2. The number of halogens is 1. The highest BCUT2D eigenvalue weighted by atomic mass is 127. The number of amides is 1. The van der Waals surface area contributed by atoms with Crippen LogP contribution in [0.3, 0.4) is 0 Å². The minimum Gasteiger partial charge on any atom is -0.480 e. The van der Waals surface area contributed by atoms with Crippen molar-refractivity contribution in [1.29, 1.82) is 0 Å². The third-order valence-electron chi connectivity index (χ3n) is 1.83. The summed E-state index contributed by atoms with van der Waals surface area (Å²) in [7, 11) is 0. The van der Waals surface area contributed by atoms with Gasteiger partial charge in [0.2, 0.25) is 5.91 Å². The lowest BCUT2D eigenvalue weighted by Crippen LogP contribution is -2.41. The molecule has 3 N–H and O–H groups in total. The second-order valence-electron chi connectivity index (χ2n) is 3.25. The van der Waals surface area contributed by atoms with Crippen molar-refractivity contribution in [3.05, 3.63) is 20.3 Å². The molecule has 1 atom stereocenters. The number of aliphatic carboxylic acids is 1. The quantitative estimate of drug-likeness (QED) is 0.377. The standard InChI is InChI=1S/C9H10IN3O4S/c1-4(14)13-5(9(16)17)2-18-8-6(10)7(15)11-3-12-8/h3,5H,2H2,1H3,(H,13,14)(H,16,17)(H,11,12,15). The Hall–Kier alpha value is -1.10. The first-order chi connectivity index (χ1) is 8.41. The Morgan fingerprint density at radius 1 is 1.67 bits per heavy atom. The molecule has 98 valence electrons. The molecule has 1 heterocycles. The van der Waals surface area contributed by atoms with Crippen molar-refractivity contribution in [2.24, 2.45) is 0 Å². The van der Waals surface area contributed by atoms with Gasteiger partial charge in [0.25, 0.3) is 5.56 Å². The average Bonchev–Trinajstić information content (AvgIpc) is 2.28. The topological polar surface area (TPSA) is 112 Å². The largest absolute Gasteiger partial charge is 0.480 e. The zero-order chi connectivity index (χ0) is 13.7. The summed E-state index contributed by atoms with van der Waals surface area (Å²) < 4.78 is 0.395. The third-order valence-corrected chi connectivity index (χ3v) is 4.28. The number of nitrogens with one attached hydrogen (secondary N) is 2. The molecule has 0 saturated carbocycles. The van der Waals surface area contributed by atoms with Gasteiger partial charge in [-0.3, -0.25) is 9.59 Å². The van der Waals surface area contributed by atoms with Gasteiger partial charge in [-0.15, -0.1) is 11.8 Å². The molecule has 0 bridgehead atoms. The van der Waals surface area contributed by atoms with E-state index in [0.717, 1.165) is 11.8 Å². The lowest BCUT2D eigenvalue weighted by Gasteiger charge is -2.12. The fourth-order valence-corrected chi connectivity index (χ4v) is 2.71. The summed E-state index contributed by atoms with van der Waals surface area (Å²) >= 11 is 2.94. The molecular formula is C9H10IN3O4S. The van der Waals surface area contributed by atoms with Gasteiger partial charge in [0.15, 0.2) is 0 Å². The van der Waals surface area contributed by atoms with E-state index >= 15 is 0 Å². The van der Waals surface area contributed by atoms with Crippen LogP contribution in [0.15, 0.2) is 16.1 Å². The number of carboxylic acids is 1. The van der Waals surface area contributed by atoms with Gasteiger partial charge in [0, 0.05) is 12.7 Å². The van der Waals surface area contributed by atoms with Gasteiger partial charge < -0.3 is 15.4 Å². The van der Waals surface area contributed by atoms with E-state index < -0.39 is 17.9 Å². The van der Waals surface area contributed by atoms with Crippen LogP contribution in [0.4, 0.5) is 0 Å². The van der Waals surface area contributed by atoms with Crippen LogP contribution >= 0.6 is 34.4 Å². The number of thioether (sulfide) groups is 1. The first-order valence-electron chi connectivity index (χ1n) is 4.77. The van der Waals surface area contributed by atoms with Crippen molar-refractivity contribution in [1.82, 2.24) is 15.3 Å². The van der Waals surface area contributed by atoms with Crippen LogP contribution in [0.2, 0.25) is 0 Å². The van der Waals surface area contributed by atoms with Gasteiger partial charge in [-0.2, -0.15) is 0 Å². The molecule has 1 amide bonds. The van der Waals surface area contributed by atoms with Crippen LogP contribution < -0.4 is 10.9 Å². The highest BCUT2D eigenvalue weighted by Crippen LogP contribution is 2.19. The summed E-state index contributed by atoms with van der Waals surface area (Å²) in [5, 5.41) is 11.7. The van der Waals surface area contributed by atoms with Crippen molar-refractivity contribution in [2.45, 2.75) is 18.0 Å². The van der Waals surface area contributed by atoms with E-state index in [1.54, 1.807) is 0 Å². The monoisotopic (exact) mass is 383 g/mol. The molecule has 1 rings (SSSR count). The highest BCUT2D eigenvalue weighted by molar-refractivity contribution is 14.1. The van der Waals surface area contributed by atoms with Crippen LogP contribution in [0, 0.1) is 3.57 Å². The second kappa shape index (κ2) is 6.73. The predicted octanol–water partition coefficient (Wildman–Crippen LogP) is 0.0559. The molecule has 7 nitrogen and oxygen atoms in total. The number of hydrogen-bond donors (Lipinski definition) is 3. The van der Waals surface area contributed by atoms with Crippen molar-refractivity contribution in [2.75, 3.05) is 5.75 Å². The molecule has 1 aromatic rings. The van der Waals surface area contributed by atoms with E-state index in [0.29, 0.717) is 8.60 Å². The number of carbonyl (C=O) groups is 2. The van der Waals surface area contributed by atoms with Gasteiger partial charge in [-0.25, -0.2) is 9.78 Å². The van der Waals surface area contributed by atoms with Crippen LogP contribution in [0.1, 0.15) is 6.92 Å². The Morgan fingerprint density at radius 3 is 2.89 bits per heavy atom. The van der Waals surface area contributed by atoms with E-state index in [1.165, 1.54) is 13.3 Å². The molecule has 0 fully saturated rings. The normalized spacial score (nSPS) is 11.9. The number of nitrogens with zero attached hydrogens (tertiary/aromatic N) is 1. The van der Waals surface area contributed by atoms with E-state index in [2.05, 4.69) is 15.3 Å². The predicted molar refractivity (Wildman–Crippen MR) is 73.5 cm³/mol. The maximum absolute atomic E-state index is 11.3. The zero-order valence-electron chi connectivity index (χ0n) is 9.27. The Bertz CT molecular complexity index is 519. The zero-order valence-corrected chi connectivity index (χ0v) is 12.2. The minimum absolute atomic E-state index is 0.0986. The molecule has 1 unspecified atom stereocenters. The number of rotatable bonds is 5. The molecule has 0 spiro atoms. The third kappa shape index (κ3) is 4.29. The molecule has 0 aliphatic carbocycles. The molecular weight excluding hydrogens is 373 g/mol. The molecule has 0 aromatic carbocycles. The SMILES string of the molecule is CC(=O)NC(CSc1nc[nH]c(=O)c1I)C(=O)O. The molecule has 0 saturated heterocycles. The van der Waals surface area contributed by atoms with Gasteiger partial charge in [-0.05, 0) is 22.6 Å².